The standard InChI is InChI=1S/C25H33N3.C18H29NO.C12H19N.C7H8N2O.C6H11ClO.CH4/c1-8-25(6,7)24-27-26-23(19-13-10-9-11-14-19)28(24)22-20(17(2)3)15-12-16-21(22)18(4)5;1-8-18(6,7)17(20)19-16-14(12(2)3)10-9-11-15(16)13(4)5;1-8(2)10-6-5-7-11(9(3)4)12(10)13;8-9-7(10)6-4-2-1-3-5-6;1-4-6(2,3)5(7)8;/h9-18H,8H2,1-7H3;9-13H,8H2,1-7H3,(H,19,20);5-9H,13H2,1-4H3;1-5H,8H2,(H,9,10);4H2,1-3H3;1H4. The molecule has 2 amide bonds. The number of amides is 2. The number of nitrogen functional groups attached to an aromatic ring is 2. The van der Waals surface area contributed by atoms with Crippen LogP contribution in [0, 0.1) is 10.8 Å². The van der Waals surface area contributed by atoms with Crippen molar-refractivity contribution in [1.82, 2.24) is 20.2 Å². The Morgan fingerprint density at radius 3 is 1.24 bits per heavy atom. The molecule has 80 heavy (non-hydrogen) atoms. The number of anilines is 2. The van der Waals surface area contributed by atoms with E-state index in [1.165, 1.54) is 39.1 Å². The van der Waals surface area contributed by atoms with Crippen LogP contribution in [0.3, 0.4) is 0 Å². The quantitative estimate of drug-likeness (QED) is 0.0247. The predicted octanol–water partition coefficient (Wildman–Crippen LogP) is 18.8. The Bertz CT molecular complexity index is 2750. The average Bonchev–Trinajstić information content (AvgIpc) is 3.87. The summed E-state index contributed by atoms with van der Waals surface area (Å²) in [4.78, 5) is 33.7. The smallest absolute Gasteiger partial charge is 0.265 e. The van der Waals surface area contributed by atoms with E-state index in [0.717, 1.165) is 47.8 Å². The summed E-state index contributed by atoms with van der Waals surface area (Å²) in [6.45, 7) is 44.8. The second-order valence-corrected chi connectivity index (χ2v) is 24.5. The summed E-state index contributed by atoms with van der Waals surface area (Å²) in [5, 5.41) is 12.4. The zero-order chi connectivity index (χ0) is 60.2. The lowest BCUT2D eigenvalue weighted by Gasteiger charge is -2.27. The second kappa shape index (κ2) is 33.0. The van der Waals surface area contributed by atoms with Gasteiger partial charge in [0.05, 0.1) is 5.69 Å². The molecule has 440 valence electrons. The van der Waals surface area contributed by atoms with E-state index in [-0.39, 0.29) is 40.7 Å². The lowest BCUT2D eigenvalue weighted by Crippen LogP contribution is -2.31. The number of nitrogens with two attached hydrogens (primary N) is 2. The molecule has 0 saturated carbocycles. The number of carbonyl (C=O) groups excluding carboxylic acids is 3. The van der Waals surface area contributed by atoms with Crippen LogP contribution in [0.2, 0.25) is 0 Å². The van der Waals surface area contributed by atoms with Crippen LogP contribution in [0.15, 0.2) is 115 Å². The number of hydrogen-bond donors (Lipinski definition) is 4. The fourth-order valence-corrected chi connectivity index (χ4v) is 8.33. The maximum atomic E-state index is 12.5. The van der Waals surface area contributed by atoms with Crippen LogP contribution in [-0.4, -0.2) is 31.8 Å². The van der Waals surface area contributed by atoms with Gasteiger partial charge >= 0.3 is 0 Å². The number of hydrogen-bond acceptors (Lipinski definition) is 7. The lowest BCUT2D eigenvalue weighted by atomic mass is 9.87. The minimum Gasteiger partial charge on any atom is -0.398 e. The number of nitrogens with zero attached hydrogens (tertiary/aromatic N) is 3. The molecule has 11 heteroatoms. The molecule has 10 nitrogen and oxygen atoms in total. The van der Waals surface area contributed by atoms with E-state index in [2.05, 4.69) is 200 Å². The van der Waals surface area contributed by atoms with E-state index in [1.807, 2.05) is 52.2 Å². The van der Waals surface area contributed by atoms with E-state index in [9.17, 15) is 14.4 Å². The number of para-hydroxylation sites is 3. The van der Waals surface area contributed by atoms with E-state index in [1.54, 1.807) is 24.3 Å². The molecule has 0 aliphatic heterocycles. The average molecular weight is 1120 g/mol. The number of hydrazine groups is 1. The maximum Gasteiger partial charge on any atom is 0.265 e. The van der Waals surface area contributed by atoms with E-state index < -0.39 is 0 Å². The van der Waals surface area contributed by atoms with Crippen LogP contribution in [0.5, 0.6) is 0 Å². The SMILES string of the molecule is C.CC(C)c1cccc(C(C)C)c1N.CCC(C)(C)C(=O)Cl.CCC(C)(C)C(=O)Nc1c(C(C)C)cccc1C(C)C.CCC(C)(C)c1nnc(-c2ccccc2)n1-c1c(C(C)C)cccc1C(C)C.NNC(=O)c1ccccc1. The van der Waals surface area contributed by atoms with Gasteiger partial charge in [-0.05, 0) is 112 Å². The third-order valence-electron chi connectivity index (χ3n) is 14.9. The molecule has 0 radical (unpaired) electrons. The lowest BCUT2D eigenvalue weighted by molar-refractivity contribution is -0.124. The third-order valence-corrected chi connectivity index (χ3v) is 15.4. The molecular weight excluding hydrogens is 1010 g/mol. The number of aromatic nitrogens is 3. The Kier molecular flexibility index (Phi) is 29.6. The van der Waals surface area contributed by atoms with Crippen LogP contribution < -0.4 is 22.3 Å². The first kappa shape index (κ1) is 71.9. The molecule has 5 aromatic carbocycles. The van der Waals surface area contributed by atoms with Crippen molar-refractivity contribution in [2.45, 2.75) is 213 Å². The Morgan fingerprint density at radius 1 is 0.525 bits per heavy atom. The summed E-state index contributed by atoms with van der Waals surface area (Å²) in [6.07, 6.45) is 2.63. The van der Waals surface area contributed by atoms with E-state index in [4.69, 9.17) is 33.4 Å². The molecule has 6 rings (SSSR count). The molecule has 0 bridgehead atoms. The normalized spacial score (nSPS) is 11.4. The largest absolute Gasteiger partial charge is 0.398 e. The summed E-state index contributed by atoms with van der Waals surface area (Å²) >= 11 is 5.23. The molecule has 1 aromatic heterocycles. The highest BCUT2D eigenvalue weighted by Gasteiger charge is 2.31. The van der Waals surface area contributed by atoms with Crippen molar-refractivity contribution >= 4 is 40.0 Å². The third kappa shape index (κ3) is 20.2. The monoisotopic (exact) mass is 1110 g/mol. The van der Waals surface area contributed by atoms with Gasteiger partial charge in [0.25, 0.3) is 5.91 Å². The molecule has 6 N–H and O–H groups in total. The van der Waals surface area contributed by atoms with Crippen LogP contribution in [0.25, 0.3) is 17.1 Å². The molecule has 0 atom stereocenters. The van der Waals surface area contributed by atoms with Gasteiger partial charge in [0, 0.05) is 38.7 Å². The molecular formula is C69H104ClN7O3. The van der Waals surface area contributed by atoms with Crippen molar-refractivity contribution in [3.05, 3.63) is 160 Å². The Hall–Kier alpha value is -6.10. The molecule has 0 aliphatic rings. The fraction of sp³-hybridized carbons (Fsp3) is 0.493. The number of rotatable bonds is 16. The van der Waals surface area contributed by atoms with Crippen molar-refractivity contribution < 1.29 is 14.4 Å². The Morgan fingerprint density at radius 2 is 0.900 bits per heavy atom. The summed E-state index contributed by atoms with van der Waals surface area (Å²) in [5.74, 6) is 9.35. The highest BCUT2D eigenvalue weighted by Crippen LogP contribution is 2.39. The van der Waals surface area contributed by atoms with Gasteiger partial charge in [-0.15, -0.1) is 10.2 Å². The van der Waals surface area contributed by atoms with Gasteiger partial charge in [-0.2, -0.15) is 0 Å². The van der Waals surface area contributed by atoms with Gasteiger partial charge in [0.15, 0.2) is 5.82 Å². The zero-order valence-electron chi connectivity index (χ0n) is 52.2. The molecule has 0 unspecified atom stereocenters. The number of nitrogens with one attached hydrogen (secondary N) is 2. The zero-order valence-corrected chi connectivity index (χ0v) is 52.9. The highest BCUT2D eigenvalue weighted by atomic mass is 35.5. The van der Waals surface area contributed by atoms with Crippen molar-refractivity contribution in [2.24, 2.45) is 16.7 Å². The minimum absolute atomic E-state index is 0. The summed E-state index contributed by atoms with van der Waals surface area (Å²) in [7, 11) is 0. The van der Waals surface area contributed by atoms with Crippen LogP contribution >= 0.6 is 11.6 Å². The summed E-state index contributed by atoms with van der Waals surface area (Å²) in [6, 6.07) is 38.6. The number of benzene rings is 5. The number of halogens is 1. The molecule has 0 aliphatic carbocycles. The molecule has 0 saturated heterocycles. The topological polar surface area (TPSA) is 158 Å². The molecule has 0 spiro atoms. The first-order valence-corrected chi connectivity index (χ1v) is 29.0. The van der Waals surface area contributed by atoms with Gasteiger partial charge in [0.1, 0.15) is 5.82 Å². The number of carbonyl (C=O) groups is 3. The van der Waals surface area contributed by atoms with E-state index in [0.29, 0.717) is 41.1 Å². The van der Waals surface area contributed by atoms with Gasteiger partial charge in [-0.1, -0.05) is 256 Å². The summed E-state index contributed by atoms with van der Waals surface area (Å²) in [5.41, 5.74) is 20.0. The van der Waals surface area contributed by atoms with Gasteiger partial charge in [-0.3, -0.25) is 24.4 Å². The molecule has 0 fully saturated rings. The Balaban J connectivity index is 0.000000538. The van der Waals surface area contributed by atoms with Crippen molar-refractivity contribution in [2.75, 3.05) is 11.1 Å². The van der Waals surface area contributed by atoms with Gasteiger partial charge in [-0.25, -0.2) is 5.84 Å². The van der Waals surface area contributed by atoms with Gasteiger partial charge < -0.3 is 11.1 Å². The second-order valence-electron chi connectivity index (χ2n) is 24.2. The molecule has 6 aromatic rings. The van der Waals surface area contributed by atoms with Crippen LogP contribution in [0.4, 0.5) is 11.4 Å². The highest BCUT2D eigenvalue weighted by molar-refractivity contribution is 6.64. The molecule has 1 heterocycles. The maximum absolute atomic E-state index is 12.5. The fourth-order valence-electron chi connectivity index (χ4n) is 8.20. The first-order valence-electron chi connectivity index (χ1n) is 28.6. The van der Waals surface area contributed by atoms with Crippen molar-refractivity contribution in [3.63, 3.8) is 0 Å². The van der Waals surface area contributed by atoms with Crippen LogP contribution in [0.1, 0.15) is 257 Å². The first-order chi connectivity index (χ1) is 36.9. The van der Waals surface area contributed by atoms with Crippen LogP contribution in [-0.2, 0) is 15.0 Å². The van der Waals surface area contributed by atoms with Gasteiger partial charge in [0.2, 0.25) is 11.1 Å². The van der Waals surface area contributed by atoms with E-state index >= 15 is 0 Å². The van der Waals surface area contributed by atoms with Crippen molar-refractivity contribution in [3.8, 4) is 17.1 Å². The minimum atomic E-state index is -0.335. The predicted molar refractivity (Wildman–Crippen MR) is 344 cm³/mol. The summed E-state index contributed by atoms with van der Waals surface area (Å²) < 4.78 is 2.34. The van der Waals surface area contributed by atoms with Crippen molar-refractivity contribution in [1.29, 1.82) is 0 Å². The Labute approximate surface area is 490 Å².